The van der Waals surface area contributed by atoms with E-state index in [0.29, 0.717) is 0 Å². The number of aliphatic hydroxyl groups is 8. The van der Waals surface area contributed by atoms with Crippen LogP contribution >= 0.6 is 0 Å². The van der Waals surface area contributed by atoms with Gasteiger partial charge in [0.2, 0.25) is 0 Å². The third kappa shape index (κ3) is 5.28. The van der Waals surface area contributed by atoms with Crippen molar-refractivity contribution in [1.82, 2.24) is 0 Å². The van der Waals surface area contributed by atoms with Crippen molar-refractivity contribution in [3.63, 3.8) is 0 Å². The number of hydrogen-bond donors (Lipinski definition) is 8. The molecule has 1 saturated heterocycles. The zero-order valence-electron chi connectivity index (χ0n) is 13.1. The Hall–Kier alpha value is -0.440. The zero-order chi connectivity index (χ0) is 18.4. The second-order valence-electron chi connectivity index (χ2n) is 5.59. The highest BCUT2D eigenvalue weighted by molar-refractivity contribution is 4.88. The SMILES string of the molecule is C[C@@H](O)C(O)[C@H](O)C(CO)OCO[C@H]1OC(CO)[C@@H](O)C(O)C1O. The van der Waals surface area contributed by atoms with Gasteiger partial charge in [-0.1, -0.05) is 0 Å². The van der Waals surface area contributed by atoms with E-state index in [2.05, 4.69) is 0 Å². The van der Waals surface area contributed by atoms with Gasteiger partial charge in [0.05, 0.1) is 19.3 Å². The molecule has 1 aliphatic heterocycles. The molecule has 8 N–H and O–H groups in total. The van der Waals surface area contributed by atoms with E-state index < -0.39 is 75.1 Å². The molecule has 1 rings (SSSR count). The molecule has 0 saturated carbocycles. The summed E-state index contributed by atoms with van der Waals surface area (Å²) in [5, 5.41) is 75.6. The van der Waals surface area contributed by atoms with Crippen LogP contribution < -0.4 is 0 Å². The van der Waals surface area contributed by atoms with Gasteiger partial charge in [0.25, 0.3) is 0 Å². The molecule has 0 bridgehead atoms. The van der Waals surface area contributed by atoms with E-state index in [-0.39, 0.29) is 0 Å². The van der Waals surface area contributed by atoms with E-state index in [4.69, 9.17) is 24.4 Å². The second kappa shape index (κ2) is 9.89. The minimum Gasteiger partial charge on any atom is -0.394 e. The van der Waals surface area contributed by atoms with Crippen LogP contribution in [0.4, 0.5) is 0 Å². The molecule has 0 aromatic rings. The van der Waals surface area contributed by atoms with Gasteiger partial charge in [0.1, 0.15) is 42.7 Å². The van der Waals surface area contributed by atoms with E-state index in [9.17, 15) is 30.6 Å². The van der Waals surface area contributed by atoms with E-state index in [0.717, 1.165) is 0 Å². The van der Waals surface area contributed by atoms with Crippen LogP contribution in [0, 0.1) is 0 Å². The third-order valence-corrected chi connectivity index (χ3v) is 3.77. The number of hydrogen-bond acceptors (Lipinski definition) is 11. The van der Waals surface area contributed by atoms with Crippen molar-refractivity contribution in [1.29, 1.82) is 0 Å². The summed E-state index contributed by atoms with van der Waals surface area (Å²) in [6.07, 6.45) is -13.1. The van der Waals surface area contributed by atoms with E-state index in [1.165, 1.54) is 6.92 Å². The summed E-state index contributed by atoms with van der Waals surface area (Å²) in [5.41, 5.74) is 0. The molecule has 24 heavy (non-hydrogen) atoms. The van der Waals surface area contributed by atoms with Crippen LogP contribution in [0.3, 0.4) is 0 Å². The van der Waals surface area contributed by atoms with Crippen molar-refractivity contribution in [2.75, 3.05) is 20.0 Å². The summed E-state index contributed by atoms with van der Waals surface area (Å²) in [6.45, 7) is -0.683. The highest BCUT2D eigenvalue weighted by Gasteiger charge is 2.44. The van der Waals surface area contributed by atoms with Gasteiger partial charge >= 0.3 is 0 Å². The fourth-order valence-electron chi connectivity index (χ4n) is 2.16. The molecule has 11 heteroatoms. The van der Waals surface area contributed by atoms with Gasteiger partial charge in [0.15, 0.2) is 13.1 Å². The quantitative estimate of drug-likeness (QED) is 0.185. The van der Waals surface area contributed by atoms with Crippen LogP contribution in [-0.2, 0) is 14.2 Å². The molecule has 0 spiro atoms. The monoisotopic (exact) mass is 358 g/mol. The Kier molecular flexibility index (Phi) is 8.90. The van der Waals surface area contributed by atoms with Gasteiger partial charge in [-0.15, -0.1) is 0 Å². The topological polar surface area (TPSA) is 190 Å². The second-order valence-corrected chi connectivity index (χ2v) is 5.59. The van der Waals surface area contributed by atoms with Crippen molar-refractivity contribution >= 4 is 0 Å². The smallest absolute Gasteiger partial charge is 0.189 e. The lowest BCUT2D eigenvalue weighted by molar-refractivity contribution is -0.322. The standard InChI is InChI=1S/C13H26O11/c1-5(16)8(17)9(18)6(2-14)22-4-23-13-12(21)11(20)10(19)7(3-15)24-13/h5-21H,2-4H2,1H3/t5-,6?,7?,8?,9-,10-,11?,12?,13+/m1/s1. The Morgan fingerprint density at radius 1 is 0.958 bits per heavy atom. The normalized spacial score (nSPS) is 36.1. The Morgan fingerprint density at radius 3 is 2.08 bits per heavy atom. The molecule has 0 amide bonds. The lowest BCUT2D eigenvalue weighted by Crippen LogP contribution is -2.59. The average molecular weight is 358 g/mol. The van der Waals surface area contributed by atoms with Crippen LogP contribution in [0.5, 0.6) is 0 Å². The third-order valence-electron chi connectivity index (χ3n) is 3.77. The Labute approximate surface area is 138 Å². The first kappa shape index (κ1) is 21.6. The first-order valence-electron chi connectivity index (χ1n) is 7.43. The largest absolute Gasteiger partial charge is 0.394 e. The first-order chi connectivity index (χ1) is 11.2. The minimum atomic E-state index is -1.62. The van der Waals surface area contributed by atoms with Crippen LogP contribution in [0.1, 0.15) is 6.92 Å². The molecule has 0 aliphatic carbocycles. The summed E-state index contributed by atoms with van der Waals surface area (Å²) >= 11 is 0. The minimum absolute atomic E-state index is 0.614. The lowest BCUT2D eigenvalue weighted by Gasteiger charge is -2.39. The molecule has 0 radical (unpaired) electrons. The molecule has 5 unspecified atom stereocenters. The maximum Gasteiger partial charge on any atom is 0.189 e. The van der Waals surface area contributed by atoms with Crippen LogP contribution in [0.25, 0.3) is 0 Å². The fourth-order valence-corrected chi connectivity index (χ4v) is 2.16. The zero-order valence-corrected chi connectivity index (χ0v) is 13.1. The maximum atomic E-state index is 9.76. The summed E-state index contributed by atoms with van der Waals surface area (Å²) in [6, 6.07) is 0. The summed E-state index contributed by atoms with van der Waals surface area (Å²) in [7, 11) is 0. The van der Waals surface area contributed by atoms with Crippen molar-refractivity contribution in [3.05, 3.63) is 0 Å². The molecule has 1 aliphatic rings. The van der Waals surface area contributed by atoms with Crippen LogP contribution in [0.2, 0.25) is 0 Å². The van der Waals surface area contributed by atoms with Crippen LogP contribution in [-0.4, -0.2) is 116 Å². The van der Waals surface area contributed by atoms with Crippen LogP contribution in [0.15, 0.2) is 0 Å². The van der Waals surface area contributed by atoms with Crippen molar-refractivity contribution < 1.29 is 55.1 Å². The first-order valence-corrected chi connectivity index (χ1v) is 7.43. The summed E-state index contributed by atoms with van der Waals surface area (Å²) in [4.78, 5) is 0. The summed E-state index contributed by atoms with van der Waals surface area (Å²) in [5.74, 6) is 0. The Morgan fingerprint density at radius 2 is 1.58 bits per heavy atom. The molecule has 1 fully saturated rings. The number of aliphatic hydroxyl groups excluding tert-OH is 8. The maximum absolute atomic E-state index is 9.76. The molecular weight excluding hydrogens is 332 g/mol. The average Bonchev–Trinajstić information content (AvgIpc) is 2.57. The molecule has 11 nitrogen and oxygen atoms in total. The number of rotatable bonds is 9. The van der Waals surface area contributed by atoms with Gasteiger partial charge in [-0.05, 0) is 6.92 Å². The van der Waals surface area contributed by atoms with Gasteiger partial charge in [-0.25, -0.2) is 0 Å². The van der Waals surface area contributed by atoms with Crippen molar-refractivity contribution in [2.24, 2.45) is 0 Å². The molecule has 0 aromatic carbocycles. The highest BCUT2D eigenvalue weighted by Crippen LogP contribution is 2.22. The molecule has 144 valence electrons. The van der Waals surface area contributed by atoms with Gasteiger partial charge in [-0.3, -0.25) is 0 Å². The predicted octanol–water partition coefficient (Wildman–Crippen LogP) is -4.76. The van der Waals surface area contributed by atoms with Gasteiger partial charge in [-0.2, -0.15) is 0 Å². The molecule has 9 atom stereocenters. The lowest BCUT2D eigenvalue weighted by atomic mass is 9.99. The van der Waals surface area contributed by atoms with E-state index in [1.54, 1.807) is 0 Å². The van der Waals surface area contributed by atoms with Gasteiger partial charge < -0.3 is 55.1 Å². The van der Waals surface area contributed by atoms with E-state index in [1.807, 2.05) is 0 Å². The highest BCUT2D eigenvalue weighted by atomic mass is 16.8. The van der Waals surface area contributed by atoms with Gasteiger partial charge in [0, 0.05) is 0 Å². The van der Waals surface area contributed by atoms with Crippen molar-refractivity contribution in [3.8, 4) is 0 Å². The number of ether oxygens (including phenoxy) is 3. The Bertz CT molecular complexity index is 353. The molecule has 1 heterocycles. The molecule has 0 aromatic heterocycles. The van der Waals surface area contributed by atoms with E-state index >= 15 is 0 Å². The fraction of sp³-hybridized carbons (Fsp3) is 1.00. The Balaban J connectivity index is 2.52. The summed E-state index contributed by atoms with van der Waals surface area (Å²) < 4.78 is 15.1. The molecular formula is C13H26O11. The van der Waals surface area contributed by atoms with Crippen molar-refractivity contribution in [2.45, 2.75) is 62.0 Å². The predicted molar refractivity (Wildman–Crippen MR) is 75.4 cm³/mol.